The number of fused-ring (bicyclic) bond motifs is 8. The summed E-state index contributed by atoms with van der Waals surface area (Å²) in [6.45, 7) is 0. The molecule has 0 spiro atoms. The van der Waals surface area contributed by atoms with Crippen molar-refractivity contribution in [1.82, 2.24) is 9.97 Å². The Morgan fingerprint density at radius 2 is 1.08 bits per heavy atom. The van der Waals surface area contributed by atoms with Gasteiger partial charge in [-0.15, -0.1) is 8.67 Å². The van der Waals surface area contributed by atoms with Crippen LogP contribution < -0.4 is 21.7 Å². The van der Waals surface area contributed by atoms with Crippen molar-refractivity contribution in [3.05, 3.63) is 89.4 Å². The largest absolute Gasteiger partial charge is 0.296 e. The predicted octanol–water partition coefficient (Wildman–Crippen LogP) is 3.06. The van der Waals surface area contributed by atoms with Crippen molar-refractivity contribution in [2.24, 2.45) is 0 Å². The van der Waals surface area contributed by atoms with Gasteiger partial charge >= 0.3 is 0 Å². The zero-order valence-electron chi connectivity index (χ0n) is 23.8. The average Bonchev–Trinajstić information content (AvgIpc) is 3.08. The molecule has 0 aliphatic carbocycles. The lowest BCUT2D eigenvalue weighted by molar-refractivity contribution is -0.432. The van der Waals surface area contributed by atoms with E-state index in [1.165, 1.54) is 18.2 Å². The molecule has 4 N–H and O–H groups in total. The molecule has 254 valence electrons. The quantitative estimate of drug-likeness (QED) is 0.0432. The first-order chi connectivity index (χ1) is 23.6. The molecule has 0 fully saturated rings. The second-order valence-electron chi connectivity index (χ2n) is 10.3. The second-order valence-corrected chi connectivity index (χ2v) is 14.7. The highest BCUT2D eigenvalue weighted by Crippen LogP contribution is 2.36. The van der Waals surface area contributed by atoms with Gasteiger partial charge in [0.1, 0.15) is 27.0 Å². The molecule has 0 aliphatic rings. The molecular weight excluding hydrogens is 749 g/mol. The molecule has 0 saturated carbocycles. The van der Waals surface area contributed by atoms with Gasteiger partial charge in [-0.05, 0) is 48.5 Å². The maximum Gasteiger partial charge on any atom is 0.296 e. The predicted molar refractivity (Wildman–Crippen MR) is 175 cm³/mol. The lowest BCUT2D eigenvalue weighted by Crippen LogP contribution is -2.17. The Balaban J connectivity index is 1.73. The summed E-state index contributed by atoms with van der Waals surface area (Å²) >= 11 is 0.727. The lowest BCUT2D eigenvalue weighted by Gasteiger charge is -2.12. The van der Waals surface area contributed by atoms with E-state index in [0.717, 1.165) is 24.3 Å². The molecule has 7 aromatic rings. The van der Waals surface area contributed by atoms with Crippen molar-refractivity contribution in [3.63, 3.8) is 0 Å². The van der Waals surface area contributed by atoms with Crippen molar-refractivity contribution in [1.29, 1.82) is 0 Å². The van der Waals surface area contributed by atoms with Gasteiger partial charge in [0.25, 0.3) is 20.2 Å². The summed E-state index contributed by atoms with van der Waals surface area (Å²) in [5, 5.41) is 21.6. The first-order valence-corrected chi connectivity index (χ1v) is 17.6. The molecular formula is C28H12N2O16S4. The zero-order valence-corrected chi connectivity index (χ0v) is 27.1. The first kappa shape index (κ1) is 33.9. The minimum atomic E-state index is -5.26. The first-order valence-electron chi connectivity index (χ1n) is 13.2. The molecule has 0 unspecified atom stereocenters. The van der Waals surface area contributed by atoms with E-state index in [1.807, 2.05) is 0 Å². The normalized spacial score (nSPS) is 12.7. The van der Waals surface area contributed by atoms with Gasteiger partial charge in [0.05, 0.1) is 44.6 Å². The van der Waals surface area contributed by atoms with Crippen LogP contribution >= 0.6 is 24.1 Å². The topological polar surface area (TPSA) is 280 Å². The van der Waals surface area contributed by atoms with Gasteiger partial charge in [-0.2, -0.15) is 16.8 Å². The average molecular weight is 761 g/mol. The summed E-state index contributed by atoms with van der Waals surface area (Å²) in [7, 11) is -10.1. The fourth-order valence-corrected chi connectivity index (χ4v) is 7.75. The third-order valence-corrected chi connectivity index (χ3v) is 10.6. The van der Waals surface area contributed by atoms with E-state index in [9.17, 15) is 45.1 Å². The number of nitrogens with zero attached hydrogens (tertiary/aromatic N) is 2. The zero-order chi connectivity index (χ0) is 35.9. The Bertz CT molecular complexity index is 3110. The maximum atomic E-state index is 14.0. The van der Waals surface area contributed by atoms with Crippen LogP contribution in [0.25, 0.3) is 65.2 Å². The number of hydrogen-bond donors (Lipinski definition) is 4. The van der Waals surface area contributed by atoms with Crippen LogP contribution in [0.3, 0.4) is 0 Å². The van der Waals surface area contributed by atoms with E-state index < -0.39 is 89.8 Å². The maximum absolute atomic E-state index is 14.0. The van der Waals surface area contributed by atoms with Crippen molar-refractivity contribution in [2.45, 2.75) is 19.6 Å². The van der Waals surface area contributed by atoms with Gasteiger partial charge in [0.2, 0.25) is 0 Å². The molecule has 0 atom stereocenters. The van der Waals surface area contributed by atoms with Crippen LogP contribution in [0.1, 0.15) is 0 Å². The highest BCUT2D eigenvalue weighted by atomic mass is 32.2. The SMILES string of the molecule is O=c1c2ccc(S(=O)(=O)O)cc2c(=O)c2c1cc(SOOO)c1nc3c(nc12)c(S(=O)(=O)O)cc1c(=O)c2ccc(SOOO)cc2c(=O)c13. The van der Waals surface area contributed by atoms with Gasteiger partial charge < -0.3 is 0 Å². The van der Waals surface area contributed by atoms with Crippen LogP contribution in [0.15, 0.2) is 87.3 Å². The van der Waals surface area contributed by atoms with E-state index in [4.69, 9.17) is 10.5 Å². The van der Waals surface area contributed by atoms with Gasteiger partial charge in [0.15, 0.2) is 21.7 Å². The van der Waals surface area contributed by atoms with Crippen LogP contribution in [0.5, 0.6) is 0 Å². The summed E-state index contributed by atoms with van der Waals surface area (Å²) in [5.74, 6) is 0. The molecule has 0 amide bonds. The minimum absolute atomic E-state index is 0.169. The number of aromatic nitrogens is 2. The highest BCUT2D eigenvalue weighted by Gasteiger charge is 2.27. The van der Waals surface area contributed by atoms with Crippen LogP contribution in [-0.2, 0) is 39.0 Å². The third kappa shape index (κ3) is 5.31. The molecule has 1 heterocycles. The molecule has 0 saturated heterocycles. The Morgan fingerprint density at radius 1 is 0.540 bits per heavy atom. The molecule has 0 aliphatic heterocycles. The molecule has 22 heteroatoms. The molecule has 1 aromatic heterocycles. The van der Waals surface area contributed by atoms with Gasteiger partial charge in [-0.25, -0.2) is 20.5 Å². The Labute approximate surface area is 282 Å². The number of hydrogen-bond acceptors (Lipinski definition) is 18. The van der Waals surface area contributed by atoms with Gasteiger partial charge in [-0.3, -0.25) is 28.3 Å². The molecule has 50 heavy (non-hydrogen) atoms. The van der Waals surface area contributed by atoms with E-state index >= 15 is 0 Å². The Kier molecular flexibility index (Phi) is 8.17. The van der Waals surface area contributed by atoms with Crippen molar-refractivity contribution in [2.75, 3.05) is 0 Å². The molecule has 0 bridgehead atoms. The van der Waals surface area contributed by atoms with Gasteiger partial charge in [0, 0.05) is 37.2 Å². The van der Waals surface area contributed by atoms with E-state index in [2.05, 4.69) is 28.7 Å². The summed E-state index contributed by atoms with van der Waals surface area (Å²) in [6, 6.07) is 8.20. The Morgan fingerprint density at radius 3 is 1.68 bits per heavy atom. The summed E-state index contributed by atoms with van der Waals surface area (Å²) in [5.41, 5.74) is -5.75. The minimum Gasteiger partial charge on any atom is -0.289 e. The van der Waals surface area contributed by atoms with Crippen LogP contribution in [0.2, 0.25) is 0 Å². The van der Waals surface area contributed by atoms with Crippen LogP contribution in [0.4, 0.5) is 0 Å². The fourth-order valence-electron chi connectivity index (χ4n) is 5.70. The number of benzene rings is 6. The second kappa shape index (κ2) is 12.0. The molecule has 6 aromatic carbocycles. The monoisotopic (exact) mass is 760 g/mol. The lowest BCUT2D eigenvalue weighted by atomic mass is 9.99. The molecule has 0 radical (unpaired) electrons. The number of rotatable bonds is 8. The highest BCUT2D eigenvalue weighted by molar-refractivity contribution is 7.95. The fraction of sp³-hybridized carbons (Fsp3) is 0. The molecule has 18 nitrogen and oxygen atoms in total. The van der Waals surface area contributed by atoms with E-state index in [-0.39, 0.29) is 48.9 Å². The van der Waals surface area contributed by atoms with E-state index in [0.29, 0.717) is 18.1 Å². The molecule has 7 rings (SSSR count). The van der Waals surface area contributed by atoms with Crippen molar-refractivity contribution < 1.29 is 55.2 Å². The smallest absolute Gasteiger partial charge is 0.289 e. The summed E-state index contributed by atoms with van der Waals surface area (Å²) in [6.07, 6.45) is 0. The van der Waals surface area contributed by atoms with Crippen molar-refractivity contribution in [3.8, 4) is 0 Å². The van der Waals surface area contributed by atoms with Crippen molar-refractivity contribution >= 4 is 109 Å². The van der Waals surface area contributed by atoms with Crippen LogP contribution in [-0.4, -0.2) is 46.4 Å². The van der Waals surface area contributed by atoms with Crippen LogP contribution in [0, 0.1) is 0 Å². The summed E-state index contributed by atoms with van der Waals surface area (Å²) < 4.78 is 77.9. The van der Waals surface area contributed by atoms with E-state index in [1.54, 1.807) is 0 Å². The van der Waals surface area contributed by atoms with Gasteiger partial charge in [-0.1, -0.05) is 10.1 Å². The third-order valence-electron chi connectivity index (χ3n) is 7.72. The Hall–Kier alpha value is -4.56. The summed E-state index contributed by atoms with van der Waals surface area (Å²) in [4.78, 5) is 62.3. The standard InChI is InChI=1S/C28H12N2O16S4/c31-25-12-4-2-10(49(37,38)39)6-14(12)28(34)19-15(25)7-17(48-46-44-36)21-23(19)30-22-18(50(40,41)42)8-16-20(24(22)29-21)27(33)13-5-9(47-45-43-35)1-3-11(13)26(16)32/h1-8,35-36H,(H,37,38,39)(H,40,41,42).